The second-order valence-corrected chi connectivity index (χ2v) is 8.64. The van der Waals surface area contributed by atoms with E-state index in [1.807, 2.05) is 20.9 Å². The third-order valence-corrected chi connectivity index (χ3v) is 7.18. The standard InChI is InChI=1S/C14H24N2O3S2/c1-10-8-14(20-13(10)9-15-3)21(17,18)16-11(2)12-4-6-19-7-5-12/h8,11-12,15-16H,4-7,9H2,1-3H3. The largest absolute Gasteiger partial charge is 0.381 e. The Balaban J connectivity index is 2.08. The van der Waals surface area contributed by atoms with Crippen molar-refractivity contribution in [2.24, 2.45) is 5.92 Å². The summed E-state index contributed by atoms with van der Waals surface area (Å²) in [5.74, 6) is 0.353. The van der Waals surface area contributed by atoms with E-state index >= 15 is 0 Å². The molecule has 21 heavy (non-hydrogen) atoms. The predicted octanol–water partition coefficient (Wildman–Crippen LogP) is 1.87. The predicted molar refractivity (Wildman–Crippen MR) is 85.1 cm³/mol. The molecule has 1 aromatic heterocycles. The van der Waals surface area contributed by atoms with Crippen LogP contribution in [-0.4, -0.2) is 34.7 Å². The van der Waals surface area contributed by atoms with Gasteiger partial charge in [0, 0.05) is 30.7 Å². The smallest absolute Gasteiger partial charge is 0.250 e. The van der Waals surface area contributed by atoms with Crippen LogP contribution in [0.1, 0.15) is 30.2 Å². The number of nitrogens with one attached hydrogen (secondary N) is 2. The SMILES string of the molecule is CNCc1sc(S(=O)(=O)NC(C)C2CCOCC2)cc1C. The van der Waals surface area contributed by atoms with Crippen molar-refractivity contribution in [1.29, 1.82) is 0 Å². The lowest BCUT2D eigenvalue weighted by Crippen LogP contribution is -2.40. The molecule has 0 radical (unpaired) electrons. The number of hydrogen-bond donors (Lipinski definition) is 2. The Morgan fingerprint density at radius 1 is 1.43 bits per heavy atom. The van der Waals surface area contributed by atoms with E-state index in [1.165, 1.54) is 11.3 Å². The zero-order valence-electron chi connectivity index (χ0n) is 12.8. The van der Waals surface area contributed by atoms with Crippen molar-refractivity contribution < 1.29 is 13.2 Å². The van der Waals surface area contributed by atoms with Crippen LogP contribution in [-0.2, 0) is 21.3 Å². The van der Waals surface area contributed by atoms with Crippen molar-refractivity contribution in [2.75, 3.05) is 20.3 Å². The van der Waals surface area contributed by atoms with E-state index in [0.29, 0.717) is 16.7 Å². The summed E-state index contributed by atoms with van der Waals surface area (Å²) in [6.45, 7) is 6.04. The first-order valence-corrected chi connectivity index (χ1v) is 9.58. The molecule has 7 heteroatoms. The third kappa shape index (κ3) is 4.26. The molecule has 0 saturated carbocycles. The number of ether oxygens (including phenoxy) is 1. The highest BCUT2D eigenvalue weighted by molar-refractivity contribution is 7.91. The lowest BCUT2D eigenvalue weighted by Gasteiger charge is -2.27. The van der Waals surface area contributed by atoms with Crippen LogP contribution in [0.3, 0.4) is 0 Å². The van der Waals surface area contributed by atoms with Gasteiger partial charge in [0.15, 0.2) is 0 Å². The van der Waals surface area contributed by atoms with Crippen molar-refractivity contribution in [2.45, 2.75) is 43.5 Å². The van der Waals surface area contributed by atoms with Crippen molar-refractivity contribution in [3.05, 3.63) is 16.5 Å². The minimum Gasteiger partial charge on any atom is -0.381 e. The maximum Gasteiger partial charge on any atom is 0.250 e. The van der Waals surface area contributed by atoms with Crippen LogP contribution in [0.15, 0.2) is 10.3 Å². The highest BCUT2D eigenvalue weighted by atomic mass is 32.2. The van der Waals surface area contributed by atoms with Gasteiger partial charge in [-0.05, 0) is 51.3 Å². The Morgan fingerprint density at radius 3 is 2.71 bits per heavy atom. The molecule has 0 amide bonds. The van der Waals surface area contributed by atoms with Gasteiger partial charge in [-0.3, -0.25) is 0 Å². The topological polar surface area (TPSA) is 67.4 Å². The molecule has 1 aromatic rings. The van der Waals surface area contributed by atoms with E-state index in [0.717, 1.165) is 36.5 Å². The maximum absolute atomic E-state index is 12.5. The Labute approximate surface area is 131 Å². The average Bonchev–Trinajstić information content (AvgIpc) is 2.82. The van der Waals surface area contributed by atoms with Crippen LogP contribution >= 0.6 is 11.3 Å². The summed E-state index contributed by atoms with van der Waals surface area (Å²) in [6.07, 6.45) is 1.83. The molecule has 0 bridgehead atoms. The van der Waals surface area contributed by atoms with Gasteiger partial charge in [0.2, 0.25) is 10.0 Å². The fourth-order valence-corrected chi connectivity index (χ4v) is 5.50. The Bertz CT molecular complexity index is 563. The molecule has 1 unspecified atom stereocenters. The molecule has 0 aromatic carbocycles. The maximum atomic E-state index is 12.5. The summed E-state index contributed by atoms with van der Waals surface area (Å²) >= 11 is 1.34. The summed E-state index contributed by atoms with van der Waals surface area (Å²) in [5.41, 5.74) is 1.02. The molecule has 0 aliphatic carbocycles. The summed E-state index contributed by atoms with van der Waals surface area (Å²) < 4.78 is 33.6. The van der Waals surface area contributed by atoms with E-state index in [4.69, 9.17) is 4.74 Å². The van der Waals surface area contributed by atoms with Crippen molar-refractivity contribution in [3.8, 4) is 0 Å². The molecule has 1 saturated heterocycles. The minimum atomic E-state index is -3.43. The van der Waals surface area contributed by atoms with Gasteiger partial charge < -0.3 is 10.1 Å². The molecule has 1 aliphatic heterocycles. The van der Waals surface area contributed by atoms with E-state index in [9.17, 15) is 8.42 Å². The van der Waals surface area contributed by atoms with E-state index in [2.05, 4.69) is 10.0 Å². The quantitative estimate of drug-likeness (QED) is 0.834. The monoisotopic (exact) mass is 332 g/mol. The summed E-state index contributed by atoms with van der Waals surface area (Å²) in [4.78, 5) is 1.07. The summed E-state index contributed by atoms with van der Waals surface area (Å²) in [6, 6.07) is 1.70. The zero-order valence-corrected chi connectivity index (χ0v) is 14.4. The highest BCUT2D eigenvalue weighted by Gasteiger charge is 2.26. The van der Waals surface area contributed by atoms with Gasteiger partial charge in [-0.2, -0.15) is 0 Å². The number of thiophene rings is 1. The first kappa shape index (κ1) is 16.9. The van der Waals surface area contributed by atoms with Crippen molar-refractivity contribution in [1.82, 2.24) is 10.0 Å². The fourth-order valence-electron chi connectivity index (χ4n) is 2.57. The second-order valence-electron chi connectivity index (χ2n) is 5.56. The van der Waals surface area contributed by atoms with E-state index in [-0.39, 0.29) is 6.04 Å². The van der Waals surface area contributed by atoms with Crippen LogP contribution in [0.25, 0.3) is 0 Å². The molecular weight excluding hydrogens is 308 g/mol. The third-order valence-electron chi connectivity index (χ3n) is 3.91. The Morgan fingerprint density at radius 2 is 2.10 bits per heavy atom. The molecule has 2 rings (SSSR count). The molecule has 2 N–H and O–H groups in total. The van der Waals surface area contributed by atoms with Crippen molar-refractivity contribution in [3.63, 3.8) is 0 Å². The molecule has 1 fully saturated rings. The van der Waals surface area contributed by atoms with Crippen molar-refractivity contribution >= 4 is 21.4 Å². The number of rotatable bonds is 6. The average molecular weight is 332 g/mol. The molecule has 2 heterocycles. The van der Waals surface area contributed by atoms with Crippen LogP contribution in [0.5, 0.6) is 0 Å². The molecule has 120 valence electrons. The Hall–Kier alpha value is -0.470. The Kier molecular flexibility index (Phi) is 5.79. The first-order chi connectivity index (χ1) is 9.94. The number of hydrogen-bond acceptors (Lipinski definition) is 5. The summed E-state index contributed by atoms with van der Waals surface area (Å²) in [5, 5.41) is 3.06. The summed E-state index contributed by atoms with van der Waals surface area (Å²) in [7, 11) is -1.57. The fraction of sp³-hybridized carbons (Fsp3) is 0.714. The lowest BCUT2D eigenvalue weighted by atomic mass is 9.94. The van der Waals surface area contributed by atoms with Crippen LogP contribution < -0.4 is 10.0 Å². The molecule has 1 atom stereocenters. The number of aryl methyl sites for hydroxylation is 1. The van der Waals surface area contributed by atoms with Gasteiger partial charge in [-0.25, -0.2) is 13.1 Å². The first-order valence-electron chi connectivity index (χ1n) is 7.28. The zero-order chi connectivity index (χ0) is 15.5. The van der Waals surface area contributed by atoms with Gasteiger partial charge in [0.05, 0.1) is 0 Å². The van der Waals surface area contributed by atoms with Crippen LogP contribution in [0, 0.1) is 12.8 Å². The van der Waals surface area contributed by atoms with Crippen LogP contribution in [0.2, 0.25) is 0 Å². The molecule has 0 spiro atoms. The van der Waals surface area contributed by atoms with Gasteiger partial charge in [-0.15, -0.1) is 11.3 Å². The van der Waals surface area contributed by atoms with E-state index < -0.39 is 10.0 Å². The molecule has 5 nitrogen and oxygen atoms in total. The minimum absolute atomic E-state index is 0.0611. The van der Waals surface area contributed by atoms with Crippen LogP contribution in [0.4, 0.5) is 0 Å². The second kappa shape index (κ2) is 7.19. The van der Waals surface area contributed by atoms with Gasteiger partial charge in [-0.1, -0.05) is 0 Å². The van der Waals surface area contributed by atoms with Gasteiger partial charge in [0.1, 0.15) is 4.21 Å². The normalized spacial score (nSPS) is 18.8. The number of sulfonamides is 1. The van der Waals surface area contributed by atoms with E-state index in [1.54, 1.807) is 6.07 Å². The highest BCUT2D eigenvalue weighted by Crippen LogP contribution is 2.27. The van der Waals surface area contributed by atoms with Gasteiger partial charge in [0.25, 0.3) is 0 Å². The lowest BCUT2D eigenvalue weighted by molar-refractivity contribution is 0.0586. The van der Waals surface area contributed by atoms with Gasteiger partial charge >= 0.3 is 0 Å². The molecule has 1 aliphatic rings. The molecular formula is C14H24N2O3S2.